The number of hydrogen-bond acceptors (Lipinski definition) is 7. The molecule has 1 aliphatic heterocycles. The van der Waals surface area contributed by atoms with E-state index in [4.69, 9.17) is 4.74 Å². The molecule has 0 aliphatic carbocycles. The fourth-order valence-electron chi connectivity index (χ4n) is 3.31. The van der Waals surface area contributed by atoms with Gasteiger partial charge in [-0.1, -0.05) is 29.0 Å². The maximum Gasteiger partial charge on any atom is 0.308 e. The summed E-state index contributed by atoms with van der Waals surface area (Å²) in [6, 6.07) is 14.1. The first-order valence-electron chi connectivity index (χ1n) is 9.69. The van der Waals surface area contributed by atoms with E-state index in [9.17, 15) is 14.4 Å². The molecule has 1 N–H and O–H groups in total. The van der Waals surface area contributed by atoms with E-state index in [0.29, 0.717) is 34.4 Å². The molecule has 0 bridgehead atoms. The summed E-state index contributed by atoms with van der Waals surface area (Å²) < 4.78 is 4.96. The lowest BCUT2D eigenvalue weighted by Crippen LogP contribution is -2.24. The molecule has 1 fully saturated rings. The van der Waals surface area contributed by atoms with Crippen LogP contribution in [0.2, 0.25) is 0 Å². The summed E-state index contributed by atoms with van der Waals surface area (Å²) in [5.74, 6) is -0.431. The van der Waals surface area contributed by atoms with E-state index < -0.39 is 5.97 Å². The van der Waals surface area contributed by atoms with Crippen LogP contribution in [0.1, 0.15) is 40.2 Å². The van der Waals surface area contributed by atoms with Crippen molar-refractivity contribution in [3.05, 3.63) is 64.7 Å². The second-order valence-electron chi connectivity index (χ2n) is 7.26. The molecule has 2 aromatic carbocycles. The lowest BCUT2D eigenvalue weighted by atomic mass is 10.1. The Morgan fingerprint density at radius 3 is 2.48 bits per heavy atom. The number of carbonyl (C=O) groups excluding carboxylic acids is 3. The van der Waals surface area contributed by atoms with Crippen LogP contribution in [0.15, 0.2) is 48.5 Å². The van der Waals surface area contributed by atoms with Gasteiger partial charge in [0.05, 0.1) is 0 Å². The summed E-state index contributed by atoms with van der Waals surface area (Å²) in [4.78, 5) is 37.7. The van der Waals surface area contributed by atoms with Crippen molar-refractivity contribution in [3.63, 3.8) is 0 Å². The smallest absolute Gasteiger partial charge is 0.308 e. The average Bonchev–Trinajstić information content (AvgIpc) is 3.35. The predicted octanol–water partition coefficient (Wildman–Crippen LogP) is 3.54. The maximum atomic E-state index is 12.5. The number of esters is 1. The zero-order chi connectivity index (χ0) is 22.0. The topological polar surface area (TPSA) is 101 Å². The first-order chi connectivity index (χ1) is 14.9. The van der Waals surface area contributed by atoms with E-state index >= 15 is 0 Å². The normalized spacial score (nSPS) is 15.7. The second kappa shape index (κ2) is 8.65. The molecule has 8 nitrogen and oxygen atoms in total. The van der Waals surface area contributed by atoms with Crippen molar-refractivity contribution in [1.29, 1.82) is 0 Å². The Labute approximate surface area is 182 Å². The molecule has 0 unspecified atom stereocenters. The minimum atomic E-state index is -0.426. The van der Waals surface area contributed by atoms with Crippen LogP contribution in [0, 0.1) is 6.92 Å². The van der Waals surface area contributed by atoms with E-state index in [1.807, 2.05) is 31.2 Å². The minimum Gasteiger partial charge on any atom is -0.427 e. The lowest BCUT2D eigenvalue weighted by Gasteiger charge is -2.16. The van der Waals surface area contributed by atoms with Crippen molar-refractivity contribution in [3.8, 4) is 5.75 Å². The van der Waals surface area contributed by atoms with Crippen molar-refractivity contribution in [1.82, 2.24) is 10.2 Å². The molecule has 2 heterocycles. The molecule has 9 heteroatoms. The lowest BCUT2D eigenvalue weighted by molar-refractivity contribution is -0.131. The molecular formula is C22H20N4O4S. The Kier molecular flexibility index (Phi) is 5.77. The molecule has 3 aromatic rings. The van der Waals surface area contributed by atoms with E-state index in [1.54, 1.807) is 29.2 Å². The van der Waals surface area contributed by atoms with Crippen LogP contribution in [0.3, 0.4) is 0 Å². The number of carbonyl (C=O) groups is 3. The quantitative estimate of drug-likeness (QED) is 0.485. The predicted molar refractivity (Wildman–Crippen MR) is 117 cm³/mol. The van der Waals surface area contributed by atoms with Crippen LogP contribution in [-0.4, -0.2) is 34.5 Å². The zero-order valence-electron chi connectivity index (χ0n) is 17.0. The summed E-state index contributed by atoms with van der Waals surface area (Å²) in [5.41, 5.74) is 2.40. The molecule has 0 saturated carbocycles. The molecule has 158 valence electrons. The summed E-state index contributed by atoms with van der Waals surface area (Å²) in [7, 11) is 0. The number of amides is 2. The molecule has 1 atom stereocenters. The van der Waals surface area contributed by atoms with Crippen LogP contribution < -0.4 is 15.0 Å². The van der Waals surface area contributed by atoms with Crippen LogP contribution in [0.4, 0.5) is 10.8 Å². The highest BCUT2D eigenvalue weighted by atomic mass is 32.1. The molecule has 4 rings (SSSR count). The molecule has 1 aromatic heterocycles. The highest BCUT2D eigenvalue weighted by Gasteiger charge is 2.34. The Bertz CT molecular complexity index is 1130. The largest absolute Gasteiger partial charge is 0.427 e. The van der Waals surface area contributed by atoms with Gasteiger partial charge in [-0.25, -0.2) is 0 Å². The van der Waals surface area contributed by atoms with Crippen molar-refractivity contribution in [2.45, 2.75) is 26.2 Å². The van der Waals surface area contributed by atoms with Gasteiger partial charge < -0.3 is 9.64 Å². The Morgan fingerprint density at radius 2 is 1.81 bits per heavy atom. The highest BCUT2D eigenvalue weighted by Crippen LogP contribution is 2.34. The number of ether oxygens (including phenoxy) is 1. The Balaban J connectivity index is 1.40. The first-order valence-corrected chi connectivity index (χ1v) is 10.5. The third kappa shape index (κ3) is 4.77. The van der Waals surface area contributed by atoms with Gasteiger partial charge in [-0.15, -0.1) is 10.2 Å². The van der Waals surface area contributed by atoms with Gasteiger partial charge in [0.2, 0.25) is 11.0 Å². The number of nitrogens with one attached hydrogen (secondary N) is 1. The maximum absolute atomic E-state index is 12.5. The number of rotatable bonds is 5. The van der Waals surface area contributed by atoms with Gasteiger partial charge in [0.15, 0.2) is 0 Å². The summed E-state index contributed by atoms with van der Waals surface area (Å²) in [6.07, 6.45) is 0.355. The molecule has 0 spiro atoms. The van der Waals surface area contributed by atoms with E-state index in [0.717, 1.165) is 11.3 Å². The second-order valence-corrected chi connectivity index (χ2v) is 8.27. The number of hydrogen-bond donors (Lipinski definition) is 1. The van der Waals surface area contributed by atoms with Crippen LogP contribution in [-0.2, 0) is 9.59 Å². The third-order valence-electron chi connectivity index (χ3n) is 4.86. The highest BCUT2D eigenvalue weighted by molar-refractivity contribution is 7.15. The molecule has 2 amide bonds. The van der Waals surface area contributed by atoms with Gasteiger partial charge in [-0.3, -0.25) is 19.7 Å². The van der Waals surface area contributed by atoms with Crippen LogP contribution in [0.25, 0.3) is 0 Å². The minimum absolute atomic E-state index is 0.0440. The zero-order valence-corrected chi connectivity index (χ0v) is 17.8. The van der Waals surface area contributed by atoms with Gasteiger partial charge in [0, 0.05) is 37.1 Å². The van der Waals surface area contributed by atoms with Gasteiger partial charge in [0.25, 0.3) is 5.91 Å². The number of benzene rings is 2. The molecule has 1 saturated heterocycles. The van der Waals surface area contributed by atoms with E-state index in [2.05, 4.69) is 15.5 Å². The van der Waals surface area contributed by atoms with Gasteiger partial charge in [0.1, 0.15) is 10.8 Å². The van der Waals surface area contributed by atoms with Crippen molar-refractivity contribution in [2.75, 3.05) is 16.8 Å². The number of nitrogens with zero attached hydrogens (tertiary/aromatic N) is 3. The van der Waals surface area contributed by atoms with Gasteiger partial charge in [-0.2, -0.15) is 0 Å². The molecule has 1 aliphatic rings. The summed E-state index contributed by atoms with van der Waals surface area (Å²) >= 11 is 1.26. The van der Waals surface area contributed by atoms with Gasteiger partial charge in [-0.05, 0) is 43.3 Å². The summed E-state index contributed by atoms with van der Waals surface area (Å²) in [6.45, 7) is 3.84. The molecular weight excluding hydrogens is 416 g/mol. The average molecular weight is 436 g/mol. The Morgan fingerprint density at radius 1 is 1.10 bits per heavy atom. The monoisotopic (exact) mass is 436 g/mol. The Hall–Kier alpha value is -3.59. The standard InChI is InChI=1S/C22H20N4O4S/c1-13-3-7-17(8-4-13)26-12-16(11-19(26)28)21-24-25-22(31-21)23-20(29)15-5-9-18(10-6-15)30-14(2)27/h3-10,16H,11-12H2,1-2H3,(H,23,25,29)/t16-/m1/s1. The number of aromatic nitrogens is 2. The van der Waals surface area contributed by atoms with Crippen molar-refractivity contribution in [2.24, 2.45) is 0 Å². The fourth-order valence-corrected chi connectivity index (χ4v) is 4.14. The SMILES string of the molecule is CC(=O)Oc1ccc(C(=O)Nc2nnc([C@@H]3CC(=O)N(c4ccc(C)cc4)C3)s2)cc1. The number of anilines is 2. The first kappa shape index (κ1) is 20.7. The number of aryl methyl sites for hydroxylation is 1. The molecule has 0 radical (unpaired) electrons. The van der Waals surface area contributed by atoms with Crippen molar-refractivity contribution >= 4 is 39.9 Å². The van der Waals surface area contributed by atoms with E-state index in [-0.39, 0.29) is 17.7 Å². The van der Waals surface area contributed by atoms with Crippen LogP contribution in [0.5, 0.6) is 5.75 Å². The van der Waals surface area contributed by atoms with Gasteiger partial charge >= 0.3 is 5.97 Å². The van der Waals surface area contributed by atoms with Crippen LogP contribution >= 0.6 is 11.3 Å². The third-order valence-corrected chi connectivity index (χ3v) is 5.86. The molecule has 31 heavy (non-hydrogen) atoms. The van der Waals surface area contributed by atoms with E-state index in [1.165, 1.54) is 18.3 Å². The van der Waals surface area contributed by atoms with Crippen molar-refractivity contribution < 1.29 is 19.1 Å². The fraction of sp³-hybridized carbons (Fsp3) is 0.227. The summed E-state index contributed by atoms with van der Waals surface area (Å²) in [5, 5.41) is 12.0.